The first-order chi connectivity index (χ1) is 8.22. The quantitative estimate of drug-likeness (QED) is 0.808. The van der Waals surface area contributed by atoms with E-state index in [4.69, 9.17) is 0 Å². The third-order valence-electron chi connectivity index (χ3n) is 2.96. The Balaban J connectivity index is 2.04. The molecular formula is C12H15IN2O2. The summed E-state index contributed by atoms with van der Waals surface area (Å²) in [6.45, 7) is 0.764. The zero-order valence-electron chi connectivity index (χ0n) is 9.40. The smallest absolute Gasteiger partial charge is 0.322 e. The second-order valence-corrected chi connectivity index (χ2v) is 5.24. The molecule has 1 aromatic rings. The molecule has 0 aliphatic carbocycles. The molecule has 4 nitrogen and oxygen atoms in total. The van der Waals surface area contributed by atoms with Crippen LogP contribution >= 0.6 is 22.6 Å². The summed E-state index contributed by atoms with van der Waals surface area (Å²) in [6, 6.07) is 7.50. The standard InChI is InChI=1S/C12H15IN2O2/c13-10-5-1-2-6-11(10)14-12(17)15-7-3-4-9(15)8-16/h1-2,5-6,9,16H,3-4,7-8H2,(H,14,17)/t9-/m1/s1. The molecule has 0 bridgehead atoms. The molecule has 1 aliphatic rings. The number of para-hydroxylation sites is 1. The lowest BCUT2D eigenvalue weighted by molar-refractivity contribution is 0.166. The number of benzene rings is 1. The van der Waals surface area contributed by atoms with E-state index in [9.17, 15) is 9.90 Å². The number of carbonyl (C=O) groups excluding carboxylic acids is 1. The average Bonchev–Trinajstić information content (AvgIpc) is 2.80. The van der Waals surface area contributed by atoms with E-state index >= 15 is 0 Å². The normalized spacial score (nSPS) is 19.4. The van der Waals surface area contributed by atoms with Gasteiger partial charge in [0.25, 0.3) is 0 Å². The van der Waals surface area contributed by atoms with E-state index < -0.39 is 0 Å². The number of halogens is 1. The van der Waals surface area contributed by atoms with Crippen LogP contribution in [-0.4, -0.2) is 35.2 Å². The molecule has 1 aliphatic heterocycles. The van der Waals surface area contributed by atoms with Crippen molar-refractivity contribution in [1.82, 2.24) is 4.90 Å². The van der Waals surface area contributed by atoms with Crippen molar-refractivity contribution in [1.29, 1.82) is 0 Å². The first-order valence-corrected chi connectivity index (χ1v) is 6.73. The molecule has 1 atom stereocenters. The molecule has 1 saturated heterocycles. The SMILES string of the molecule is O=C(Nc1ccccc1I)N1CCC[C@@H]1CO. The van der Waals surface area contributed by atoms with E-state index in [1.54, 1.807) is 4.90 Å². The van der Waals surface area contributed by atoms with Crippen LogP contribution in [0.15, 0.2) is 24.3 Å². The number of hydrogen-bond acceptors (Lipinski definition) is 2. The number of aliphatic hydroxyl groups excluding tert-OH is 1. The Morgan fingerprint density at radius 1 is 1.53 bits per heavy atom. The van der Waals surface area contributed by atoms with Gasteiger partial charge in [-0.1, -0.05) is 12.1 Å². The van der Waals surface area contributed by atoms with E-state index in [1.165, 1.54) is 0 Å². The van der Waals surface area contributed by atoms with Gasteiger partial charge in [-0.25, -0.2) is 4.79 Å². The number of nitrogens with zero attached hydrogens (tertiary/aromatic N) is 1. The highest BCUT2D eigenvalue weighted by molar-refractivity contribution is 14.1. The fraction of sp³-hybridized carbons (Fsp3) is 0.417. The van der Waals surface area contributed by atoms with Crippen molar-refractivity contribution in [3.8, 4) is 0 Å². The molecule has 5 heteroatoms. The van der Waals surface area contributed by atoms with Crippen LogP contribution in [0.3, 0.4) is 0 Å². The number of rotatable bonds is 2. The van der Waals surface area contributed by atoms with Crippen LogP contribution in [0, 0.1) is 3.57 Å². The van der Waals surface area contributed by atoms with Crippen molar-refractivity contribution in [2.24, 2.45) is 0 Å². The van der Waals surface area contributed by atoms with Crippen molar-refractivity contribution < 1.29 is 9.90 Å². The lowest BCUT2D eigenvalue weighted by atomic mass is 10.2. The number of likely N-dealkylation sites (tertiary alicyclic amines) is 1. The van der Waals surface area contributed by atoms with E-state index in [1.807, 2.05) is 24.3 Å². The number of hydrogen-bond donors (Lipinski definition) is 2. The number of anilines is 1. The molecule has 2 rings (SSSR count). The maximum Gasteiger partial charge on any atom is 0.322 e. The van der Waals surface area contributed by atoms with E-state index in [-0.39, 0.29) is 18.7 Å². The molecule has 0 radical (unpaired) electrons. The lowest BCUT2D eigenvalue weighted by Gasteiger charge is -2.23. The van der Waals surface area contributed by atoms with Gasteiger partial charge in [-0.15, -0.1) is 0 Å². The number of carbonyl (C=O) groups is 1. The van der Waals surface area contributed by atoms with Crippen LogP contribution < -0.4 is 5.32 Å². The summed E-state index contributed by atoms with van der Waals surface area (Å²) in [7, 11) is 0. The molecule has 0 aromatic heterocycles. The Hall–Kier alpha value is -0.820. The molecule has 0 unspecified atom stereocenters. The molecule has 2 N–H and O–H groups in total. The van der Waals surface area contributed by atoms with Gasteiger partial charge in [0.2, 0.25) is 0 Å². The Morgan fingerprint density at radius 3 is 3.00 bits per heavy atom. The van der Waals surface area contributed by atoms with Crippen molar-refractivity contribution in [3.63, 3.8) is 0 Å². The minimum absolute atomic E-state index is 0.0311. The molecule has 17 heavy (non-hydrogen) atoms. The first kappa shape index (κ1) is 12.6. The van der Waals surface area contributed by atoms with Gasteiger partial charge in [0, 0.05) is 10.1 Å². The minimum Gasteiger partial charge on any atom is -0.394 e. The second kappa shape index (κ2) is 5.68. The number of urea groups is 1. The Morgan fingerprint density at radius 2 is 2.29 bits per heavy atom. The Kier molecular flexibility index (Phi) is 4.22. The van der Waals surface area contributed by atoms with Gasteiger partial charge < -0.3 is 15.3 Å². The highest BCUT2D eigenvalue weighted by atomic mass is 127. The largest absolute Gasteiger partial charge is 0.394 e. The van der Waals surface area contributed by atoms with Crippen LogP contribution in [0.1, 0.15) is 12.8 Å². The topological polar surface area (TPSA) is 52.6 Å². The van der Waals surface area contributed by atoms with Crippen LogP contribution in [-0.2, 0) is 0 Å². The summed E-state index contributed by atoms with van der Waals surface area (Å²) in [4.78, 5) is 13.7. The fourth-order valence-corrected chi connectivity index (χ4v) is 2.56. The van der Waals surface area contributed by atoms with Crippen LogP contribution in [0.5, 0.6) is 0 Å². The molecule has 0 saturated carbocycles. The van der Waals surface area contributed by atoms with Crippen molar-refractivity contribution in [3.05, 3.63) is 27.8 Å². The first-order valence-electron chi connectivity index (χ1n) is 5.65. The summed E-state index contributed by atoms with van der Waals surface area (Å²) < 4.78 is 1.01. The summed E-state index contributed by atoms with van der Waals surface area (Å²) >= 11 is 2.19. The van der Waals surface area contributed by atoms with Gasteiger partial charge in [-0.05, 0) is 47.6 Å². The third-order valence-corrected chi connectivity index (χ3v) is 3.90. The maximum absolute atomic E-state index is 12.0. The number of aliphatic hydroxyl groups is 1. The molecule has 1 aromatic carbocycles. The van der Waals surface area contributed by atoms with Crippen molar-refractivity contribution in [2.45, 2.75) is 18.9 Å². The second-order valence-electron chi connectivity index (χ2n) is 4.08. The summed E-state index contributed by atoms with van der Waals surface area (Å²) in [5.41, 5.74) is 0.821. The van der Waals surface area contributed by atoms with E-state index in [2.05, 4.69) is 27.9 Å². The molecule has 1 fully saturated rings. The average molecular weight is 346 g/mol. The molecule has 0 spiro atoms. The van der Waals surface area contributed by atoms with Crippen LogP contribution in [0.2, 0.25) is 0 Å². The van der Waals surface area contributed by atoms with Gasteiger partial charge in [0.15, 0.2) is 0 Å². The predicted octanol–water partition coefficient (Wildman–Crippen LogP) is 2.28. The zero-order valence-corrected chi connectivity index (χ0v) is 11.6. The van der Waals surface area contributed by atoms with Gasteiger partial charge in [-0.2, -0.15) is 0 Å². The highest BCUT2D eigenvalue weighted by Crippen LogP contribution is 2.21. The fourth-order valence-electron chi connectivity index (χ4n) is 2.04. The third kappa shape index (κ3) is 2.90. The Bertz CT molecular complexity index is 411. The number of nitrogens with one attached hydrogen (secondary N) is 1. The highest BCUT2D eigenvalue weighted by Gasteiger charge is 2.28. The molecular weight excluding hydrogens is 331 g/mol. The molecule has 92 valence electrons. The van der Waals surface area contributed by atoms with Gasteiger partial charge in [-0.3, -0.25) is 0 Å². The van der Waals surface area contributed by atoms with E-state index in [0.29, 0.717) is 0 Å². The molecule has 2 amide bonds. The predicted molar refractivity (Wildman–Crippen MR) is 75.0 cm³/mol. The molecule has 1 heterocycles. The lowest BCUT2D eigenvalue weighted by Crippen LogP contribution is -2.40. The minimum atomic E-state index is -0.120. The monoisotopic (exact) mass is 346 g/mol. The van der Waals surface area contributed by atoms with E-state index in [0.717, 1.165) is 28.6 Å². The van der Waals surface area contributed by atoms with Gasteiger partial charge in [0.1, 0.15) is 0 Å². The van der Waals surface area contributed by atoms with Gasteiger partial charge >= 0.3 is 6.03 Å². The Labute approximate surface area is 114 Å². The summed E-state index contributed by atoms with van der Waals surface area (Å²) in [6.07, 6.45) is 1.85. The van der Waals surface area contributed by atoms with Crippen LogP contribution in [0.4, 0.5) is 10.5 Å². The summed E-state index contributed by atoms with van der Waals surface area (Å²) in [5.74, 6) is 0. The number of amides is 2. The van der Waals surface area contributed by atoms with Crippen molar-refractivity contribution >= 4 is 34.3 Å². The van der Waals surface area contributed by atoms with Crippen LogP contribution in [0.25, 0.3) is 0 Å². The van der Waals surface area contributed by atoms with Crippen molar-refractivity contribution in [2.75, 3.05) is 18.5 Å². The maximum atomic E-state index is 12.0. The van der Waals surface area contributed by atoms with Gasteiger partial charge in [0.05, 0.1) is 18.3 Å². The summed E-state index contributed by atoms with van der Waals surface area (Å²) in [5, 5.41) is 12.1. The zero-order chi connectivity index (χ0) is 12.3.